The lowest BCUT2D eigenvalue weighted by atomic mass is 9.48. The molecular weight excluding hydrogens is 570 g/mol. The highest BCUT2D eigenvalue weighted by molar-refractivity contribution is 6.04. The molecule has 46 heavy (non-hydrogen) atoms. The van der Waals surface area contributed by atoms with E-state index in [1.54, 1.807) is 6.07 Å². The maximum absolute atomic E-state index is 14.5. The largest absolute Gasteiger partial charge is 0.508 e. The zero-order chi connectivity index (χ0) is 33.0. The molecule has 5 nitrogen and oxygen atoms in total. The number of carbonyl (C=O) groups excluding carboxylic acids is 3. The average molecular weight is 626 g/mol. The molecule has 0 amide bonds. The summed E-state index contributed by atoms with van der Waals surface area (Å²) < 4.78 is 0. The van der Waals surface area contributed by atoms with Gasteiger partial charge in [0.1, 0.15) is 17.3 Å². The summed E-state index contributed by atoms with van der Waals surface area (Å²) in [6, 6.07) is 12.4. The molecule has 0 aromatic heterocycles. The molecule has 0 heterocycles. The van der Waals surface area contributed by atoms with Crippen molar-refractivity contribution in [3.8, 4) is 5.75 Å². The van der Waals surface area contributed by atoms with Gasteiger partial charge in [-0.2, -0.15) is 0 Å². The Labute approximate surface area is 276 Å². The van der Waals surface area contributed by atoms with Crippen molar-refractivity contribution < 1.29 is 19.5 Å². The minimum Gasteiger partial charge on any atom is -0.508 e. The number of Topliss-reactive ketones (excluding diaryl/α,β-unsaturated/α-hetero) is 3. The maximum Gasteiger partial charge on any atom is 0.153 e. The van der Waals surface area contributed by atoms with Crippen LogP contribution in [-0.4, -0.2) is 34.5 Å². The number of hydrogen-bond acceptors (Lipinski definition) is 5. The summed E-state index contributed by atoms with van der Waals surface area (Å²) in [6.45, 7) is 12.7. The third kappa shape index (κ3) is 5.69. The second kappa shape index (κ2) is 12.3. The van der Waals surface area contributed by atoms with E-state index in [1.165, 1.54) is 22.3 Å². The quantitative estimate of drug-likeness (QED) is 0.276. The van der Waals surface area contributed by atoms with Gasteiger partial charge in [-0.15, -0.1) is 0 Å². The van der Waals surface area contributed by atoms with Gasteiger partial charge in [-0.1, -0.05) is 71.7 Å². The maximum atomic E-state index is 14.5. The topological polar surface area (TPSA) is 83.5 Å². The first-order valence-corrected chi connectivity index (χ1v) is 18.1. The fourth-order valence-corrected chi connectivity index (χ4v) is 10.7. The van der Waals surface area contributed by atoms with E-state index in [0.717, 1.165) is 69.8 Å². The lowest BCUT2D eigenvalue weighted by Gasteiger charge is -2.55. The molecule has 0 saturated heterocycles. The number of benzene rings is 2. The minimum absolute atomic E-state index is 0.0256. The lowest BCUT2D eigenvalue weighted by molar-refractivity contribution is -0.145. The number of rotatable bonds is 9. The van der Waals surface area contributed by atoms with Crippen molar-refractivity contribution in [2.45, 2.75) is 142 Å². The van der Waals surface area contributed by atoms with Crippen LogP contribution < -0.4 is 5.32 Å². The Bertz CT molecular complexity index is 1530. The summed E-state index contributed by atoms with van der Waals surface area (Å²) in [7, 11) is 0. The molecular formula is C41H55NO4. The van der Waals surface area contributed by atoms with Gasteiger partial charge < -0.3 is 10.4 Å². The Hall–Kier alpha value is -2.79. The smallest absolute Gasteiger partial charge is 0.153 e. The number of phenols is 1. The number of ketones is 3. The number of fused-ring (bicyclic) bond motifs is 6. The molecule has 4 aliphatic rings. The van der Waals surface area contributed by atoms with Crippen LogP contribution in [0.3, 0.4) is 0 Å². The summed E-state index contributed by atoms with van der Waals surface area (Å²) in [5.74, 6) is 1.41. The Morgan fingerprint density at radius 1 is 0.848 bits per heavy atom. The van der Waals surface area contributed by atoms with Crippen molar-refractivity contribution in [1.82, 2.24) is 5.32 Å². The molecule has 0 spiro atoms. The Balaban J connectivity index is 1.22. The molecule has 2 aromatic carbocycles. The predicted octanol–water partition coefficient (Wildman–Crippen LogP) is 7.97. The minimum atomic E-state index is -0.544. The molecule has 248 valence electrons. The van der Waals surface area contributed by atoms with E-state index in [0.29, 0.717) is 12.2 Å². The highest BCUT2D eigenvalue weighted by Crippen LogP contribution is 2.59. The summed E-state index contributed by atoms with van der Waals surface area (Å²) in [4.78, 5) is 41.9. The Morgan fingerprint density at radius 3 is 2.30 bits per heavy atom. The summed E-state index contributed by atoms with van der Waals surface area (Å²) in [5.41, 5.74) is 5.01. The van der Waals surface area contributed by atoms with Gasteiger partial charge in [-0.25, -0.2) is 0 Å². The van der Waals surface area contributed by atoms with E-state index in [4.69, 9.17) is 0 Å². The third-order valence-corrected chi connectivity index (χ3v) is 13.2. The van der Waals surface area contributed by atoms with E-state index in [2.05, 4.69) is 58.1 Å². The van der Waals surface area contributed by atoms with Gasteiger partial charge in [0.15, 0.2) is 5.78 Å². The van der Waals surface area contributed by atoms with Gasteiger partial charge >= 0.3 is 0 Å². The number of aryl methyl sites for hydroxylation is 2. The normalized spacial score (nSPS) is 32.5. The Kier molecular flexibility index (Phi) is 8.89. The van der Waals surface area contributed by atoms with E-state index in [1.807, 2.05) is 19.1 Å². The third-order valence-electron chi connectivity index (χ3n) is 13.2. The number of aromatic hydroxyl groups is 1. The lowest BCUT2D eigenvalue weighted by Crippen LogP contribution is -2.53. The van der Waals surface area contributed by atoms with Crippen LogP contribution in [0.2, 0.25) is 0 Å². The molecule has 6 rings (SSSR count). The van der Waals surface area contributed by atoms with Crippen LogP contribution in [0.15, 0.2) is 36.4 Å². The molecule has 2 fully saturated rings. The van der Waals surface area contributed by atoms with Gasteiger partial charge in [0.05, 0.1) is 12.5 Å². The molecule has 2 N–H and O–H groups in total. The second-order valence-electron chi connectivity index (χ2n) is 16.4. The van der Waals surface area contributed by atoms with Gasteiger partial charge in [-0.05, 0) is 121 Å². The van der Waals surface area contributed by atoms with Crippen molar-refractivity contribution in [3.05, 3.63) is 64.2 Å². The van der Waals surface area contributed by atoms with Crippen molar-refractivity contribution in [2.75, 3.05) is 0 Å². The number of carbonyl (C=O) groups is 3. The van der Waals surface area contributed by atoms with Crippen molar-refractivity contribution in [1.29, 1.82) is 0 Å². The first-order chi connectivity index (χ1) is 21.8. The number of hydrogen-bond donors (Lipinski definition) is 2. The first kappa shape index (κ1) is 33.1. The standard InChI is InChI=1S/C41H55NO4/c1-25(2)42-26(3)35(44)22-27-10-11-29-14-17-36-39(4,34(29)21-27)19-8-20-41(36,6)38(46)24-37(45)40(5)18-7-9-31-32-23-30(43)15-12-28(32)13-16-33(31)40/h10-12,15,21,23,25-26,31,33,36,42-43H,7-9,13-14,16-20,22,24H2,1-6H3/t26-,31+,33+,36+,39+,40-,41-/m0/s1. The van der Waals surface area contributed by atoms with Crippen LogP contribution in [0, 0.1) is 22.7 Å². The van der Waals surface area contributed by atoms with Crippen molar-refractivity contribution >= 4 is 17.3 Å². The highest BCUT2D eigenvalue weighted by atomic mass is 16.3. The van der Waals surface area contributed by atoms with Gasteiger partial charge in [0.2, 0.25) is 0 Å². The van der Waals surface area contributed by atoms with E-state index in [-0.39, 0.29) is 59.0 Å². The highest BCUT2D eigenvalue weighted by Gasteiger charge is 2.56. The van der Waals surface area contributed by atoms with Gasteiger partial charge in [0, 0.05) is 23.3 Å². The molecule has 2 aromatic rings. The van der Waals surface area contributed by atoms with Crippen LogP contribution in [-0.2, 0) is 39.1 Å². The summed E-state index contributed by atoms with van der Waals surface area (Å²) in [5, 5.41) is 13.6. The van der Waals surface area contributed by atoms with Crippen LogP contribution in [0.5, 0.6) is 5.75 Å². The average Bonchev–Trinajstić information content (AvgIpc) is 3.00. The number of nitrogens with one attached hydrogen (secondary N) is 1. The van der Waals surface area contributed by atoms with Crippen LogP contribution in [0.1, 0.15) is 133 Å². The van der Waals surface area contributed by atoms with Crippen molar-refractivity contribution in [3.63, 3.8) is 0 Å². The van der Waals surface area contributed by atoms with E-state index >= 15 is 0 Å². The van der Waals surface area contributed by atoms with E-state index < -0.39 is 10.8 Å². The van der Waals surface area contributed by atoms with E-state index in [9.17, 15) is 19.5 Å². The molecule has 4 aliphatic carbocycles. The monoisotopic (exact) mass is 625 g/mol. The van der Waals surface area contributed by atoms with Crippen LogP contribution in [0.25, 0.3) is 0 Å². The zero-order valence-electron chi connectivity index (χ0n) is 29.0. The van der Waals surface area contributed by atoms with Gasteiger partial charge in [-0.3, -0.25) is 14.4 Å². The summed E-state index contributed by atoms with van der Waals surface area (Å²) >= 11 is 0. The molecule has 5 heteroatoms. The Morgan fingerprint density at radius 2 is 1.54 bits per heavy atom. The zero-order valence-corrected chi connectivity index (χ0v) is 29.0. The van der Waals surface area contributed by atoms with Crippen LogP contribution >= 0.6 is 0 Å². The second-order valence-corrected chi connectivity index (χ2v) is 16.4. The molecule has 0 aliphatic heterocycles. The molecule has 0 unspecified atom stereocenters. The SMILES string of the molecule is CC(C)N[C@@H](C)C(=O)Cc1ccc2c(c1)[C@@]1(C)CCC[C@](C)(C(=O)CC(=O)[C@@]3(C)CCC[C@@H]4c5cc(O)ccc5CC[C@H]43)[C@@H]1CC2. The predicted molar refractivity (Wildman–Crippen MR) is 183 cm³/mol. The molecule has 0 radical (unpaired) electrons. The summed E-state index contributed by atoms with van der Waals surface area (Å²) in [6.07, 6.45) is 9.87. The molecule has 2 saturated carbocycles. The van der Waals surface area contributed by atoms with Crippen molar-refractivity contribution in [2.24, 2.45) is 22.7 Å². The molecule has 7 atom stereocenters. The van der Waals surface area contributed by atoms with Crippen LogP contribution in [0.4, 0.5) is 0 Å². The fourth-order valence-electron chi connectivity index (χ4n) is 10.7. The first-order valence-electron chi connectivity index (χ1n) is 18.1. The van der Waals surface area contributed by atoms with Gasteiger partial charge in [0.25, 0.3) is 0 Å². The fraction of sp³-hybridized carbons (Fsp3) is 0.634. The molecule has 0 bridgehead atoms. The number of phenolic OH excluding ortho intramolecular Hbond substituents is 1.